The fourth-order valence-electron chi connectivity index (χ4n) is 2.02. The molecule has 0 aliphatic carbocycles. The Balaban J connectivity index is 1.73. The third-order valence-corrected chi connectivity index (χ3v) is 3.99. The normalized spacial score (nSPS) is 10.6. The number of aryl methyl sites for hydroxylation is 1. The van der Waals surface area contributed by atoms with Crippen molar-refractivity contribution in [3.05, 3.63) is 53.2 Å². The highest BCUT2D eigenvalue weighted by molar-refractivity contribution is 7.13. The minimum Gasteiger partial charge on any atom is -0.506 e. The highest BCUT2D eigenvalue weighted by Gasteiger charge is 2.15. The van der Waals surface area contributed by atoms with E-state index in [0.29, 0.717) is 23.0 Å². The highest BCUT2D eigenvalue weighted by atomic mass is 32.1. The van der Waals surface area contributed by atoms with Crippen molar-refractivity contribution in [1.82, 2.24) is 4.98 Å². The molecule has 2 N–H and O–H groups in total. The molecule has 0 radical (unpaired) electrons. The molecule has 0 bridgehead atoms. The van der Waals surface area contributed by atoms with E-state index in [-0.39, 0.29) is 18.1 Å². The van der Waals surface area contributed by atoms with Gasteiger partial charge < -0.3 is 14.8 Å². The van der Waals surface area contributed by atoms with Crippen molar-refractivity contribution in [2.24, 2.45) is 0 Å². The predicted molar refractivity (Wildman–Crippen MR) is 85.0 cm³/mol. The van der Waals surface area contributed by atoms with Crippen LogP contribution >= 0.6 is 11.3 Å². The number of phenols is 1. The average molecular weight is 314 g/mol. The van der Waals surface area contributed by atoms with Crippen LogP contribution in [0.3, 0.4) is 0 Å². The van der Waals surface area contributed by atoms with Crippen molar-refractivity contribution in [3.8, 4) is 16.5 Å². The molecule has 0 saturated carbocycles. The first-order chi connectivity index (χ1) is 10.6. The predicted octanol–water partition coefficient (Wildman–Crippen LogP) is 3.60. The number of anilines is 1. The standard InChI is InChI=1S/C16H14N2O3S/c1-10-12(18-16(21-10)14-7-4-8-22-14)9-15(20)17-11-5-2-3-6-13(11)19/h2-8,19H,9H2,1H3,(H,17,20). The van der Waals surface area contributed by atoms with Crippen LogP contribution in [0.5, 0.6) is 5.75 Å². The van der Waals surface area contributed by atoms with E-state index in [2.05, 4.69) is 10.3 Å². The zero-order valence-corrected chi connectivity index (χ0v) is 12.7. The molecule has 2 heterocycles. The summed E-state index contributed by atoms with van der Waals surface area (Å²) in [4.78, 5) is 17.4. The topological polar surface area (TPSA) is 75.4 Å². The molecule has 3 aromatic rings. The molecule has 0 aliphatic rings. The average Bonchev–Trinajstić information content (AvgIpc) is 3.12. The number of nitrogens with one attached hydrogen (secondary N) is 1. The molecule has 0 aliphatic heterocycles. The number of benzene rings is 1. The summed E-state index contributed by atoms with van der Waals surface area (Å²) in [6.45, 7) is 1.78. The minimum atomic E-state index is -0.254. The summed E-state index contributed by atoms with van der Waals surface area (Å²) in [7, 11) is 0. The molecular weight excluding hydrogens is 300 g/mol. The maximum Gasteiger partial charge on any atom is 0.236 e. The number of hydrogen-bond donors (Lipinski definition) is 2. The molecule has 22 heavy (non-hydrogen) atoms. The number of aromatic nitrogens is 1. The lowest BCUT2D eigenvalue weighted by Gasteiger charge is -2.05. The monoisotopic (exact) mass is 314 g/mol. The Morgan fingerprint density at radius 1 is 1.32 bits per heavy atom. The van der Waals surface area contributed by atoms with Gasteiger partial charge in [-0.3, -0.25) is 4.79 Å². The highest BCUT2D eigenvalue weighted by Crippen LogP contribution is 2.26. The molecule has 0 atom stereocenters. The third-order valence-electron chi connectivity index (χ3n) is 3.13. The Hall–Kier alpha value is -2.60. The molecule has 2 aromatic heterocycles. The van der Waals surface area contributed by atoms with Crippen molar-refractivity contribution in [2.75, 3.05) is 5.32 Å². The summed E-state index contributed by atoms with van der Waals surface area (Å²) >= 11 is 1.53. The van der Waals surface area contributed by atoms with E-state index in [0.717, 1.165) is 4.88 Å². The summed E-state index contributed by atoms with van der Waals surface area (Å²) in [5.74, 6) is 0.927. The first kappa shape index (κ1) is 14.3. The maximum absolute atomic E-state index is 12.1. The van der Waals surface area contributed by atoms with Crippen LogP contribution in [0.1, 0.15) is 11.5 Å². The number of carbonyl (C=O) groups excluding carboxylic acids is 1. The van der Waals surface area contributed by atoms with Crippen molar-refractivity contribution in [3.63, 3.8) is 0 Å². The summed E-state index contributed by atoms with van der Waals surface area (Å²) in [5, 5.41) is 14.3. The minimum absolute atomic E-state index is 0.0343. The van der Waals surface area contributed by atoms with Gasteiger partial charge in [-0.2, -0.15) is 0 Å². The van der Waals surface area contributed by atoms with E-state index in [1.165, 1.54) is 17.4 Å². The number of para-hydroxylation sites is 2. The van der Waals surface area contributed by atoms with Gasteiger partial charge in [-0.25, -0.2) is 4.98 Å². The summed E-state index contributed by atoms with van der Waals surface area (Å²) in [5.41, 5.74) is 0.975. The number of amides is 1. The van der Waals surface area contributed by atoms with Crippen LogP contribution in [0.2, 0.25) is 0 Å². The number of hydrogen-bond acceptors (Lipinski definition) is 5. The summed E-state index contributed by atoms with van der Waals surface area (Å²) in [6, 6.07) is 10.4. The van der Waals surface area contributed by atoms with E-state index in [9.17, 15) is 9.90 Å². The van der Waals surface area contributed by atoms with Crippen LogP contribution in [-0.2, 0) is 11.2 Å². The smallest absolute Gasteiger partial charge is 0.236 e. The fraction of sp³-hybridized carbons (Fsp3) is 0.125. The lowest BCUT2D eigenvalue weighted by Crippen LogP contribution is -2.15. The molecule has 0 fully saturated rings. The zero-order valence-electron chi connectivity index (χ0n) is 11.9. The quantitative estimate of drug-likeness (QED) is 0.722. The SMILES string of the molecule is Cc1oc(-c2cccs2)nc1CC(=O)Nc1ccccc1O. The van der Waals surface area contributed by atoms with Gasteiger partial charge in [0, 0.05) is 0 Å². The zero-order chi connectivity index (χ0) is 15.5. The Morgan fingerprint density at radius 2 is 2.14 bits per heavy atom. The molecule has 5 nitrogen and oxygen atoms in total. The molecule has 0 spiro atoms. The second-order valence-corrected chi connectivity index (χ2v) is 5.69. The molecule has 1 amide bonds. The van der Waals surface area contributed by atoms with Gasteiger partial charge in [0.15, 0.2) is 0 Å². The van der Waals surface area contributed by atoms with E-state index in [4.69, 9.17) is 4.42 Å². The van der Waals surface area contributed by atoms with E-state index >= 15 is 0 Å². The van der Waals surface area contributed by atoms with E-state index < -0.39 is 0 Å². The first-order valence-electron chi connectivity index (χ1n) is 6.71. The molecular formula is C16H14N2O3S. The second-order valence-electron chi connectivity index (χ2n) is 4.74. The fourth-order valence-corrected chi connectivity index (χ4v) is 2.67. The van der Waals surface area contributed by atoms with Gasteiger partial charge >= 0.3 is 0 Å². The van der Waals surface area contributed by atoms with Crippen molar-refractivity contribution in [2.45, 2.75) is 13.3 Å². The van der Waals surface area contributed by atoms with Crippen LogP contribution in [0.25, 0.3) is 10.8 Å². The van der Waals surface area contributed by atoms with Gasteiger partial charge in [-0.15, -0.1) is 11.3 Å². The molecule has 6 heteroatoms. The Bertz CT molecular complexity index is 794. The van der Waals surface area contributed by atoms with E-state index in [1.807, 2.05) is 17.5 Å². The van der Waals surface area contributed by atoms with Crippen LogP contribution < -0.4 is 5.32 Å². The van der Waals surface area contributed by atoms with Gasteiger partial charge in [0.05, 0.1) is 22.7 Å². The number of nitrogens with zero attached hydrogens (tertiary/aromatic N) is 1. The Labute approximate surface area is 131 Å². The van der Waals surface area contributed by atoms with Crippen molar-refractivity contribution < 1.29 is 14.3 Å². The number of oxazole rings is 1. The van der Waals surface area contributed by atoms with Gasteiger partial charge in [-0.05, 0) is 30.5 Å². The Kier molecular flexibility index (Phi) is 3.93. The third kappa shape index (κ3) is 3.01. The lowest BCUT2D eigenvalue weighted by atomic mass is 10.2. The molecule has 112 valence electrons. The van der Waals surface area contributed by atoms with Gasteiger partial charge in [0.1, 0.15) is 11.5 Å². The van der Waals surface area contributed by atoms with Crippen molar-refractivity contribution in [1.29, 1.82) is 0 Å². The summed E-state index contributed by atoms with van der Waals surface area (Å²) in [6.07, 6.45) is 0.0923. The van der Waals surface area contributed by atoms with Crippen LogP contribution in [0.15, 0.2) is 46.2 Å². The van der Waals surface area contributed by atoms with E-state index in [1.54, 1.807) is 25.1 Å². The van der Waals surface area contributed by atoms with Crippen LogP contribution in [0.4, 0.5) is 5.69 Å². The number of rotatable bonds is 4. The van der Waals surface area contributed by atoms with Gasteiger partial charge in [0.25, 0.3) is 0 Å². The molecule has 3 rings (SSSR count). The number of aromatic hydroxyl groups is 1. The number of phenolic OH excluding ortho intramolecular Hbond substituents is 1. The van der Waals surface area contributed by atoms with Gasteiger partial charge in [-0.1, -0.05) is 18.2 Å². The first-order valence-corrected chi connectivity index (χ1v) is 7.59. The molecule has 1 aromatic carbocycles. The van der Waals surface area contributed by atoms with Crippen molar-refractivity contribution >= 4 is 22.9 Å². The van der Waals surface area contributed by atoms with Crippen LogP contribution in [-0.4, -0.2) is 16.0 Å². The summed E-state index contributed by atoms with van der Waals surface area (Å²) < 4.78 is 5.60. The largest absolute Gasteiger partial charge is 0.506 e. The Morgan fingerprint density at radius 3 is 2.86 bits per heavy atom. The maximum atomic E-state index is 12.1. The van der Waals surface area contributed by atoms with Gasteiger partial charge in [0.2, 0.25) is 11.8 Å². The lowest BCUT2D eigenvalue weighted by molar-refractivity contribution is -0.115. The number of thiophene rings is 1. The van der Waals surface area contributed by atoms with Crippen LogP contribution in [0, 0.1) is 6.92 Å². The number of carbonyl (C=O) groups is 1. The molecule has 0 saturated heterocycles. The molecule has 0 unspecified atom stereocenters. The second kappa shape index (κ2) is 6.03.